The van der Waals surface area contributed by atoms with Crippen LogP contribution in [0, 0.1) is 5.82 Å². The van der Waals surface area contributed by atoms with Crippen molar-refractivity contribution >= 4 is 23.2 Å². The van der Waals surface area contributed by atoms with Gasteiger partial charge in [0.2, 0.25) is 5.91 Å². The van der Waals surface area contributed by atoms with Crippen molar-refractivity contribution < 1.29 is 9.18 Å². The van der Waals surface area contributed by atoms with Gasteiger partial charge in [-0.2, -0.15) is 0 Å². The van der Waals surface area contributed by atoms with Crippen molar-refractivity contribution in [3.8, 4) is 0 Å². The van der Waals surface area contributed by atoms with Gasteiger partial charge in [-0.25, -0.2) is 4.39 Å². The summed E-state index contributed by atoms with van der Waals surface area (Å²) < 4.78 is 13.2. The average Bonchev–Trinajstić information content (AvgIpc) is 2.17. The van der Waals surface area contributed by atoms with Crippen LogP contribution in [0.4, 0.5) is 10.1 Å². The standard InChI is InChI=1S/C10H12ClFN2O/c1-2-13-10(15)6-14-9-4-3-7(11)5-8(9)12/h3-5,14H,2,6H2,1H3,(H,13,15). The lowest BCUT2D eigenvalue weighted by atomic mass is 10.3. The number of rotatable bonds is 4. The fourth-order valence-electron chi connectivity index (χ4n) is 1.07. The lowest BCUT2D eigenvalue weighted by Crippen LogP contribution is -2.29. The van der Waals surface area contributed by atoms with E-state index in [-0.39, 0.29) is 18.1 Å². The number of hydrogen-bond donors (Lipinski definition) is 2. The number of halogens is 2. The van der Waals surface area contributed by atoms with Crippen molar-refractivity contribution in [3.05, 3.63) is 29.0 Å². The molecule has 0 aliphatic rings. The van der Waals surface area contributed by atoms with E-state index in [1.165, 1.54) is 12.1 Å². The quantitative estimate of drug-likeness (QED) is 0.831. The molecule has 0 fully saturated rings. The van der Waals surface area contributed by atoms with Gasteiger partial charge in [-0.15, -0.1) is 0 Å². The van der Waals surface area contributed by atoms with Gasteiger partial charge < -0.3 is 10.6 Å². The minimum Gasteiger partial charge on any atom is -0.374 e. The molecule has 3 nitrogen and oxygen atoms in total. The fourth-order valence-corrected chi connectivity index (χ4v) is 1.23. The van der Waals surface area contributed by atoms with Crippen molar-refractivity contribution in [1.82, 2.24) is 5.32 Å². The van der Waals surface area contributed by atoms with E-state index >= 15 is 0 Å². The maximum Gasteiger partial charge on any atom is 0.239 e. The molecule has 2 N–H and O–H groups in total. The van der Waals surface area contributed by atoms with Gasteiger partial charge in [0.1, 0.15) is 5.82 Å². The average molecular weight is 231 g/mol. The van der Waals surface area contributed by atoms with Crippen LogP contribution in [0.1, 0.15) is 6.92 Å². The van der Waals surface area contributed by atoms with Gasteiger partial charge in [0, 0.05) is 11.6 Å². The maximum absolute atomic E-state index is 13.2. The Morgan fingerprint density at radius 2 is 2.27 bits per heavy atom. The summed E-state index contributed by atoms with van der Waals surface area (Å²) in [5.74, 6) is -0.640. The third-order valence-electron chi connectivity index (χ3n) is 1.74. The largest absolute Gasteiger partial charge is 0.374 e. The third kappa shape index (κ3) is 3.75. The van der Waals surface area contributed by atoms with Crippen molar-refractivity contribution in [2.24, 2.45) is 0 Å². The second-order valence-electron chi connectivity index (χ2n) is 2.93. The Morgan fingerprint density at radius 1 is 1.53 bits per heavy atom. The van der Waals surface area contributed by atoms with Gasteiger partial charge in [-0.3, -0.25) is 4.79 Å². The molecule has 0 bridgehead atoms. The predicted molar refractivity (Wildman–Crippen MR) is 58.6 cm³/mol. The SMILES string of the molecule is CCNC(=O)CNc1ccc(Cl)cc1F. The summed E-state index contributed by atoms with van der Waals surface area (Å²) in [7, 11) is 0. The Kier molecular flexibility index (Phi) is 4.37. The number of carbonyl (C=O) groups is 1. The molecule has 1 amide bonds. The summed E-state index contributed by atoms with van der Waals surface area (Å²) in [5.41, 5.74) is 0.269. The van der Waals surface area contributed by atoms with Gasteiger partial charge in [-0.05, 0) is 25.1 Å². The maximum atomic E-state index is 13.2. The molecule has 82 valence electrons. The molecule has 0 aliphatic carbocycles. The Hall–Kier alpha value is -1.29. The van der Waals surface area contributed by atoms with Crippen LogP contribution in [-0.2, 0) is 4.79 Å². The Morgan fingerprint density at radius 3 is 2.87 bits per heavy atom. The van der Waals surface area contributed by atoms with E-state index in [2.05, 4.69) is 10.6 Å². The van der Waals surface area contributed by atoms with E-state index in [1.807, 2.05) is 6.92 Å². The van der Waals surface area contributed by atoms with Gasteiger partial charge >= 0.3 is 0 Å². The van der Waals surface area contributed by atoms with Crippen LogP contribution in [0.3, 0.4) is 0 Å². The first-order valence-electron chi connectivity index (χ1n) is 4.59. The van der Waals surface area contributed by atoms with Crippen LogP contribution >= 0.6 is 11.6 Å². The highest BCUT2D eigenvalue weighted by molar-refractivity contribution is 6.30. The van der Waals surface area contributed by atoms with Crippen molar-refractivity contribution in [3.63, 3.8) is 0 Å². The molecule has 0 aliphatic heterocycles. The molecule has 0 saturated heterocycles. The molecule has 1 aromatic carbocycles. The molecule has 1 aromatic rings. The number of likely N-dealkylation sites (N-methyl/N-ethyl adjacent to an activating group) is 1. The van der Waals surface area contributed by atoms with Crippen LogP contribution < -0.4 is 10.6 Å². The smallest absolute Gasteiger partial charge is 0.239 e. The van der Waals surface area contributed by atoms with Crippen molar-refractivity contribution in [2.75, 3.05) is 18.4 Å². The molecule has 0 spiro atoms. The van der Waals surface area contributed by atoms with E-state index < -0.39 is 5.82 Å². The zero-order chi connectivity index (χ0) is 11.3. The Labute approximate surface area is 92.6 Å². The van der Waals surface area contributed by atoms with E-state index in [0.29, 0.717) is 11.6 Å². The predicted octanol–water partition coefficient (Wildman–Crippen LogP) is 2.03. The first-order valence-corrected chi connectivity index (χ1v) is 4.97. The van der Waals surface area contributed by atoms with Crippen molar-refractivity contribution in [2.45, 2.75) is 6.92 Å². The zero-order valence-corrected chi connectivity index (χ0v) is 9.07. The first kappa shape index (κ1) is 11.8. The first-order chi connectivity index (χ1) is 7.13. The molecular formula is C10H12ClFN2O. The van der Waals surface area contributed by atoms with Crippen LogP contribution in [0.2, 0.25) is 5.02 Å². The summed E-state index contributed by atoms with van der Waals surface area (Å²) in [5, 5.41) is 5.61. The molecule has 0 radical (unpaired) electrons. The number of anilines is 1. The third-order valence-corrected chi connectivity index (χ3v) is 1.98. The number of nitrogens with one attached hydrogen (secondary N) is 2. The minimum absolute atomic E-state index is 0.0480. The zero-order valence-electron chi connectivity index (χ0n) is 8.31. The number of hydrogen-bond acceptors (Lipinski definition) is 2. The van der Waals surface area contributed by atoms with Crippen LogP contribution in [-0.4, -0.2) is 19.0 Å². The van der Waals surface area contributed by atoms with Gasteiger partial charge in [0.15, 0.2) is 0 Å². The Bertz CT molecular complexity index is 357. The molecule has 0 unspecified atom stereocenters. The number of carbonyl (C=O) groups excluding carboxylic acids is 1. The van der Waals surface area contributed by atoms with E-state index in [9.17, 15) is 9.18 Å². The van der Waals surface area contributed by atoms with Crippen LogP contribution in [0.15, 0.2) is 18.2 Å². The summed E-state index contributed by atoms with van der Waals surface area (Å²) in [6.45, 7) is 2.43. The van der Waals surface area contributed by atoms with E-state index in [0.717, 1.165) is 0 Å². The molecule has 0 heterocycles. The minimum atomic E-state index is -0.466. The van der Waals surface area contributed by atoms with E-state index in [4.69, 9.17) is 11.6 Å². The monoisotopic (exact) mass is 230 g/mol. The van der Waals surface area contributed by atoms with Crippen molar-refractivity contribution in [1.29, 1.82) is 0 Å². The highest BCUT2D eigenvalue weighted by atomic mass is 35.5. The molecule has 5 heteroatoms. The summed E-state index contributed by atoms with van der Waals surface area (Å²) in [6.07, 6.45) is 0. The molecule has 0 saturated carbocycles. The Balaban J connectivity index is 2.54. The number of benzene rings is 1. The highest BCUT2D eigenvalue weighted by Crippen LogP contribution is 2.18. The lowest BCUT2D eigenvalue weighted by molar-refractivity contribution is -0.119. The van der Waals surface area contributed by atoms with E-state index in [1.54, 1.807) is 6.07 Å². The molecule has 0 atom stereocenters. The molecule has 0 aromatic heterocycles. The number of amides is 1. The van der Waals surface area contributed by atoms with Gasteiger partial charge in [0.25, 0.3) is 0 Å². The van der Waals surface area contributed by atoms with Gasteiger partial charge in [-0.1, -0.05) is 11.6 Å². The topological polar surface area (TPSA) is 41.1 Å². The highest BCUT2D eigenvalue weighted by Gasteiger charge is 2.04. The molecular weight excluding hydrogens is 219 g/mol. The second kappa shape index (κ2) is 5.56. The summed E-state index contributed by atoms with van der Waals surface area (Å²) >= 11 is 5.58. The van der Waals surface area contributed by atoms with Crippen LogP contribution in [0.25, 0.3) is 0 Å². The fraction of sp³-hybridized carbons (Fsp3) is 0.300. The van der Waals surface area contributed by atoms with Crippen LogP contribution in [0.5, 0.6) is 0 Å². The summed E-state index contributed by atoms with van der Waals surface area (Å²) in [6, 6.07) is 4.25. The lowest BCUT2D eigenvalue weighted by Gasteiger charge is -2.07. The second-order valence-corrected chi connectivity index (χ2v) is 3.37. The normalized spacial score (nSPS) is 9.80. The summed E-state index contributed by atoms with van der Waals surface area (Å²) in [4.78, 5) is 11.1. The van der Waals surface area contributed by atoms with Gasteiger partial charge in [0.05, 0.1) is 12.2 Å². The molecule has 1 rings (SSSR count). The molecule has 15 heavy (non-hydrogen) atoms.